The van der Waals surface area contributed by atoms with Gasteiger partial charge in [0.05, 0.1) is 7.11 Å². The summed E-state index contributed by atoms with van der Waals surface area (Å²) >= 11 is 0. The predicted octanol–water partition coefficient (Wildman–Crippen LogP) is 3.88. The molecule has 1 saturated heterocycles. The Kier molecular flexibility index (Phi) is 7.15. The van der Waals surface area contributed by atoms with Crippen molar-refractivity contribution >= 4 is 11.6 Å². The highest BCUT2D eigenvalue weighted by atomic mass is 16.5. The first-order valence-electron chi connectivity index (χ1n) is 10.5. The van der Waals surface area contributed by atoms with Gasteiger partial charge < -0.3 is 20.3 Å². The molecule has 1 aliphatic heterocycles. The molecule has 5 nitrogen and oxygen atoms in total. The van der Waals surface area contributed by atoms with Crippen LogP contribution in [0.5, 0.6) is 5.75 Å². The molecule has 0 unspecified atom stereocenters. The molecule has 0 spiro atoms. The van der Waals surface area contributed by atoms with E-state index in [9.17, 15) is 4.79 Å². The molecule has 29 heavy (non-hydrogen) atoms. The second-order valence-electron chi connectivity index (χ2n) is 8.26. The van der Waals surface area contributed by atoms with Gasteiger partial charge in [-0.1, -0.05) is 30.3 Å². The molecule has 0 aromatic heterocycles. The lowest BCUT2D eigenvalue weighted by atomic mass is 9.89. The van der Waals surface area contributed by atoms with Crippen molar-refractivity contribution in [1.29, 1.82) is 0 Å². The van der Waals surface area contributed by atoms with Crippen LogP contribution >= 0.6 is 0 Å². The minimum absolute atomic E-state index is 0.00693. The lowest BCUT2D eigenvalue weighted by Crippen LogP contribution is -2.50. The molecule has 2 aromatic carbocycles. The molecule has 1 heterocycles. The van der Waals surface area contributed by atoms with Gasteiger partial charge in [-0.15, -0.1) is 0 Å². The van der Waals surface area contributed by atoms with E-state index in [4.69, 9.17) is 4.74 Å². The fraction of sp³-hybridized carbons (Fsp3) is 0.458. The van der Waals surface area contributed by atoms with Crippen molar-refractivity contribution in [2.45, 2.75) is 38.1 Å². The summed E-state index contributed by atoms with van der Waals surface area (Å²) in [6.07, 6.45) is 2.37. The Labute approximate surface area is 174 Å². The summed E-state index contributed by atoms with van der Waals surface area (Å²) in [7, 11) is 1.64. The van der Waals surface area contributed by atoms with Gasteiger partial charge >= 0.3 is 0 Å². The zero-order valence-electron chi connectivity index (χ0n) is 17.8. The maximum Gasteiger partial charge on any atom is 0.245 e. The average Bonchev–Trinajstić information content (AvgIpc) is 2.75. The number of carbonyl (C=O) groups is 1. The number of piperidine rings is 1. The Morgan fingerprint density at radius 1 is 1.07 bits per heavy atom. The van der Waals surface area contributed by atoms with E-state index in [2.05, 4.69) is 45.9 Å². The van der Waals surface area contributed by atoms with Gasteiger partial charge in [-0.25, -0.2) is 0 Å². The number of likely N-dealkylation sites (tertiary alicyclic amines) is 1. The third-order valence-electron chi connectivity index (χ3n) is 5.69. The normalized spacial score (nSPS) is 15.7. The fourth-order valence-electron chi connectivity index (χ4n) is 3.86. The predicted molar refractivity (Wildman–Crippen MR) is 119 cm³/mol. The highest BCUT2D eigenvalue weighted by Crippen LogP contribution is 2.27. The maximum atomic E-state index is 12.7. The monoisotopic (exact) mass is 395 g/mol. The van der Waals surface area contributed by atoms with Crippen LogP contribution in [-0.2, 0) is 4.79 Å². The number of rotatable bonds is 8. The number of carbonyl (C=O) groups excluding carboxylic acids is 1. The summed E-state index contributed by atoms with van der Waals surface area (Å²) in [6, 6.07) is 18.4. The maximum absolute atomic E-state index is 12.7. The average molecular weight is 396 g/mol. The van der Waals surface area contributed by atoms with Gasteiger partial charge in [-0.2, -0.15) is 0 Å². The summed E-state index contributed by atoms with van der Waals surface area (Å²) in [6.45, 7) is 7.54. The minimum Gasteiger partial charge on any atom is -0.497 e. The molecular weight excluding hydrogens is 362 g/mol. The number of nitrogens with zero attached hydrogens (tertiary/aromatic N) is 1. The van der Waals surface area contributed by atoms with E-state index in [1.54, 1.807) is 7.11 Å². The van der Waals surface area contributed by atoms with Gasteiger partial charge in [0.25, 0.3) is 0 Å². The van der Waals surface area contributed by atoms with E-state index in [-0.39, 0.29) is 5.91 Å². The Bertz CT molecular complexity index is 766. The molecule has 0 atom stereocenters. The lowest BCUT2D eigenvalue weighted by Gasteiger charge is -2.32. The van der Waals surface area contributed by atoms with E-state index in [0.717, 1.165) is 31.1 Å². The smallest absolute Gasteiger partial charge is 0.245 e. The Balaban J connectivity index is 1.40. The first kappa shape index (κ1) is 21.2. The zero-order chi connectivity index (χ0) is 20.7. The van der Waals surface area contributed by atoms with Crippen LogP contribution in [-0.4, -0.2) is 49.6 Å². The molecule has 0 radical (unpaired) electrons. The van der Waals surface area contributed by atoms with Crippen LogP contribution in [0.2, 0.25) is 0 Å². The molecule has 0 aliphatic carbocycles. The minimum atomic E-state index is -0.686. The van der Waals surface area contributed by atoms with Crippen LogP contribution in [0, 0.1) is 0 Å². The number of nitrogens with one attached hydrogen (secondary N) is 2. The Morgan fingerprint density at radius 3 is 2.34 bits per heavy atom. The van der Waals surface area contributed by atoms with Crippen molar-refractivity contribution in [3.63, 3.8) is 0 Å². The van der Waals surface area contributed by atoms with Crippen LogP contribution in [0.15, 0.2) is 54.6 Å². The second kappa shape index (κ2) is 9.79. The van der Waals surface area contributed by atoms with Crippen LogP contribution in [0.3, 0.4) is 0 Å². The number of benzene rings is 2. The van der Waals surface area contributed by atoms with Gasteiger partial charge in [0.2, 0.25) is 5.91 Å². The van der Waals surface area contributed by atoms with Crippen LogP contribution < -0.4 is 15.4 Å². The summed E-state index contributed by atoms with van der Waals surface area (Å²) in [5.41, 5.74) is 1.66. The topological polar surface area (TPSA) is 53.6 Å². The van der Waals surface area contributed by atoms with Gasteiger partial charge in [0.1, 0.15) is 11.3 Å². The van der Waals surface area contributed by atoms with E-state index in [1.165, 1.54) is 18.4 Å². The van der Waals surface area contributed by atoms with Gasteiger partial charge in [-0.05, 0) is 75.5 Å². The van der Waals surface area contributed by atoms with Crippen molar-refractivity contribution in [3.8, 4) is 5.75 Å². The molecule has 5 heteroatoms. The SMILES string of the molecule is COc1ccc(NC(C)(C)C(=O)NCCN2CCC(c3ccccc3)CC2)cc1. The molecule has 1 fully saturated rings. The lowest BCUT2D eigenvalue weighted by molar-refractivity contribution is -0.124. The van der Waals surface area contributed by atoms with Crippen molar-refractivity contribution in [2.24, 2.45) is 0 Å². The molecule has 2 N–H and O–H groups in total. The standard InChI is InChI=1S/C24H33N3O2/c1-24(2,26-21-9-11-22(29-3)12-10-21)23(28)25-15-18-27-16-13-20(14-17-27)19-7-5-4-6-8-19/h4-12,20,26H,13-18H2,1-3H3,(H,25,28). The molecule has 0 saturated carbocycles. The van der Waals surface area contributed by atoms with E-state index in [0.29, 0.717) is 12.5 Å². The quantitative estimate of drug-likeness (QED) is 0.712. The van der Waals surface area contributed by atoms with Crippen molar-refractivity contribution < 1.29 is 9.53 Å². The van der Waals surface area contributed by atoms with Crippen LogP contribution in [0.25, 0.3) is 0 Å². The Morgan fingerprint density at radius 2 is 1.72 bits per heavy atom. The largest absolute Gasteiger partial charge is 0.497 e. The number of ether oxygens (including phenoxy) is 1. The summed E-state index contributed by atoms with van der Waals surface area (Å²) in [4.78, 5) is 15.1. The van der Waals surface area contributed by atoms with Gasteiger partial charge in [-0.3, -0.25) is 4.79 Å². The highest BCUT2D eigenvalue weighted by molar-refractivity contribution is 5.88. The Hall–Kier alpha value is -2.53. The molecule has 1 amide bonds. The summed E-state index contributed by atoms with van der Waals surface area (Å²) < 4.78 is 5.18. The number of anilines is 1. The van der Waals surface area contributed by atoms with E-state index in [1.807, 2.05) is 38.1 Å². The van der Waals surface area contributed by atoms with Gasteiger partial charge in [0.15, 0.2) is 0 Å². The van der Waals surface area contributed by atoms with E-state index < -0.39 is 5.54 Å². The molecule has 0 bridgehead atoms. The zero-order valence-corrected chi connectivity index (χ0v) is 17.8. The first-order chi connectivity index (χ1) is 14.0. The third-order valence-corrected chi connectivity index (χ3v) is 5.69. The molecule has 156 valence electrons. The number of amides is 1. The summed E-state index contributed by atoms with van der Waals surface area (Å²) in [5.74, 6) is 1.47. The second-order valence-corrected chi connectivity index (χ2v) is 8.26. The van der Waals surface area contributed by atoms with Crippen LogP contribution in [0.4, 0.5) is 5.69 Å². The van der Waals surface area contributed by atoms with Gasteiger partial charge in [0, 0.05) is 18.8 Å². The molecule has 2 aromatic rings. The highest BCUT2D eigenvalue weighted by Gasteiger charge is 2.27. The number of methoxy groups -OCH3 is 1. The van der Waals surface area contributed by atoms with Crippen molar-refractivity contribution in [1.82, 2.24) is 10.2 Å². The number of hydrogen-bond donors (Lipinski definition) is 2. The molecule has 3 rings (SSSR count). The number of hydrogen-bond acceptors (Lipinski definition) is 4. The van der Waals surface area contributed by atoms with Crippen LogP contribution in [0.1, 0.15) is 38.2 Å². The van der Waals surface area contributed by atoms with Crippen molar-refractivity contribution in [2.75, 3.05) is 38.6 Å². The van der Waals surface area contributed by atoms with Crippen molar-refractivity contribution in [3.05, 3.63) is 60.2 Å². The first-order valence-corrected chi connectivity index (χ1v) is 10.5. The molecule has 1 aliphatic rings. The van der Waals surface area contributed by atoms with E-state index >= 15 is 0 Å². The summed E-state index contributed by atoms with van der Waals surface area (Å²) in [5, 5.41) is 6.39. The molecular formula is C24H33N3O2. The fourth-order valence-corrected chi connectivity index (χ4v) is 3.86. The third kappa shape index (κ3) is 5.97.